The van der Waals surface area contributed by atoms with Gasteiger partial charge >= 0.3 is 0 Å². The van der Waals surface area contributed by atoms with Crippen molar-refractivity contribution < 1.29 is 9.53 Å². The van der Waals surface area contributed by atoms with Crippen molar-refractivity contribution >= 4 is 5.97 Å². The number of carbonyl (C=O) groups excluding carboxylic acids is 1. The van der Waals surface area contributed by atoms with E-state index in [1.165, 1.54) is 7.11 Å². The summed E-state index contributed by atoms with van der Waals surface area (Å²) in [4.78, 5) is 11.5. The van der Waals surface area contributed by atoms with E-state index in [1.54, 1.807) is 0 Å². The third kappa shape index (κ3) is 7.65. The minimum absolute atomic E-state index is 0.153. The highest BCUT2D eigenvalue weighted by Crippen LogP contribution is 2.23. The Bertz CT molecular complexity index is 226. The van der Waals surface area contributed by atoms with Crippen molar-refractivity contribution in [2.45, 2.75) is 58.7 Å². The summed E-state index contributed by atoms with van der Waals surface area (Å²) in [5.74, 6) is -0.317. The molecule has 96 valence electrons. The van der Waals surface area contributed by atoms with Crippen molar-refractivity contribution in [3.05, 3.63) is 10.6 Å². The maximum Gasteiger partial charge on any atom is 0.286 e. The van der Waals surface area contributed by atoms with Crippen molar-refractivity contribution in [2.75, 3.05) is 13.7 Å². The number of methoxy groups -OCH3 is 1. The van der Waals surface area contributed by atoms with Gasteiger partial charge in [0, 0.05) is 0 Å². The maximum atomic E-state index is 11.5. The molecule has 0 aromatic heterocycles. The molecule has 16 heavy (non-hydrogen) atoms. The molecule has 0 spiro atoms. The van der Waals surface area contributed by atoms with Gasteiger partial charge in [0.15, 0.2) is 0 Å². The highest BCUT2D eigenvalue weighted by molar-refractivity contribution is 5.79. The van der Waals surface area contributed by atoms with E-state index in [0.717, 1.165) is 0 Å². The van der Waals surface area contributed by atoms with Gasteiger partial charge < -0.3 is 15.4 Å². The zero-order valence-electron chi connectivity index (χ0n) is 11.5. The Hall–Kier alpha value is -0.610. The van der Waals surface area contributed by atoms with E-state index in [4.69, 9.17) is 4.74 Å². The molecule has 0 aliphatic heterocycles. The Balaban J connectivity index is 4.40. The van der Waals surface area contributed by atoms with Gasteiger partial charge in [0.1, 0.15) is 0 Å². The molecule has 0 bridgehead atoms. The van der Waals surface area contributed by atoms with Crippen LogP contribution in [-0.4, -0.2) is 36.7 Å². The molecule has 0 aliphatic rings. The Morgan fingerprint density at radius 1 is 1.12 bits per heavy atom. The molecule has 0 rings (SSSR count). The third-order valence-electron chi connectivity index (χ3n) is 1.75. The van der Waals surface area contributed by atoms with Crippen molar-refractivity contribution in [3.63, 3.8) is 0 Å². The van der Waals surface area contributed by atoms with E-state index in [0.29, 0.717) is 6.54 Å². The molecule has 4 nitrogen and oxygen atoms in total. The zero-order valence-corrected chi connectivity index (χ0v) is 11.5. The van der Waals surface area contributed by atoms with Crippen LogP contribution in [0.1, 0.15) is 41.5 Å². The van der Waals surface area contributed by atoms with Gasteiger partial charge in [-0.25, -0.2) is 0 Å². The van der Waals surface area contributed by atoms with E-state index in [2.05, 4.69) is 10.6 Å². The minimum Gasteiger partial charge on any atom is -0.658 e. The monoisotopic (exact) mass is 228 g/mol. The fourth-order valence-electron chi connectivity index (χ4n) is 1.13. The van der Waals surface area contributed by atoms with E-state index >= 15 is 0 Å². The number of nitrogens with zero attached hydrogens (tertiary/aromatic N) is 2. The van der Waals surface area contributed by atoms with Crippen molar-refractivity contribution in [1.82, 2.24) is 0 Å². The van der Waals surface area contributed by atoms with Gasteiger partial charge in [0.05, 0.1) is 7.11 Å². The van der Waals surface area contributed by atoms with E-state index < -0.39 is 6.04 Å². The molecule has 0 aromatic carbocycles. The normalized spacial score (nSPS) is 14.7. The predicted octanol–water partition coefficient (Wildman–Crippen LogP) is 2.87. The highest BCUT2D eigenvalue weighted by Gasteiger charge is 2.11. The van der Waals surface area contributed by atoms with Crippen LogP contribution in [-0.2, 0) is 9.53 Å². The van der Waals surface area contributed by atoms with Crippen LogP contribution in [0.4, 0.5) is 0 Å². The number of esters is 1. The van der Waals surface area contributed by atoms with Crippen molar-refractivity contribution in [1.29, 1.82) is 0 Å². The molecular formula is C12H24N2O2-2. The summed E-state index contributed by atoms with van der Waals surface area (Å²) >= 11 is 0. The summed E-state index contributed by atoms with van der Waals surface area (Å²) in [7, 11) is 1.38. The van der Waals surface area contributed by atoms with Crippen LogP contribution in [0.3, 0.4) is 0 Å². The minimum atomic E-state index is -0.496. The lowest BCUT2D eigenvalue weighted by atomic mass is 10.1. The summed E-state index contributed by atoms with van der Waals surface area (Å²) in [6.45, 7) is 12.3. The molecule has 0 N–H and O–H groups in total. The van der Waals surface area contributed by atoms with Crippen LogP contribution >= 0.6 is 0 Å². The molecule has 0 unspecified atom stereocenters. The van der Waals surface area contributed by atoms with Gasteiger partial charge in [-0.3, -0.25) is 4.79 Å². The average molecular weight is 228 g/mol. The van der Waals surface area contributed by atoms with Crippen LogP contribution in [0, 0.1) is 0 Å². The first kappa shape index (κ1) is 15.4. The quantitative estimate of drug-likeness (QED) is 0.695. The van der Waals surface area contributed by atoms with Gasteiger partial charge in [-0.2, -0.15) is 6.54 Å². The number of carbonyl (C=O) groups is 1. The number of hydrogen-bond donors (Lipinski definition) is 0. The van der Waals surface area contributed by atoms with Crippen LogP contribution in [0.2, 0.25) is 0 Å². The van der Waals surface area contributed by atoms with Crippen LogP contribution in [0.5, 0.6) is 0 Å². The van der Waals surface area contributed by atoms with Gasteiger partial charge in [-0.05, 0) is 0 Å². The number of ether oxygens (including phenoxy) is 1. The number of rotatable bonds is 4. The van der Waals surface area contributed by atoms with Gasteiger partial charge in [0.25, 0.3) is 5.97 Å². The zero-order chi connectivity index (χ0) is 13.0. The molecule has 0 saturated heterocycles. The molecule has 1 atom stereocenters. The Morgan fingerprint density at radius 3 is 1.94 bits per heavy atom. The van der Waals surface area contributed by atoms with Crippen molar-refractivity contribution in [2.24, 2.45) is 0 Å². The Labute approximate surface area is 99.1 Å². The van der Waals surface area contributed by atoms with Gasteiger partial charge in [-0.1, -0.05) is 47.6 Å². The second kappa shape index (κ2) is 5.64. The fraction of sp³-hybridized carbons (Fsp3) is 0.917. The second-order valence-corrected chi connectivity index (χ2v) is 5.85. The first-order valence-electron chi connectivity index (χ1n) is 5.54. The predicted molar refractivity (Wildman–Crippen MR) is 66.9 cm³/mol. The lowest BCUT2D eigenvalue weighted by Gasteiger charge is -2.48. The molecule has 0 heterocycles. The summed E-state index contributed by atoms with van der Waals surface area (Å²) in [5, 5.41) is 8.83. The van der Waals surface area contributed by atoms with E-state index in [1.807, 2.05) is 41.5 Å². The second-order valence-electron chi connectivity index (χ2n) is 5.85. The van der Waals surface area contributed by atoms with Crippen molar-refractivity contribution in [3.8, 4) is 0 Å². The summed E-state index contributed by atoms with van der Waals surface area (Å²) in [6.07, 6.45) is 0. The van der Waals surface area contributed by atoms with Gasteiger partial charge in [0.2, 0.25) is 0 Å². The molecule has 0 fully saturated rings. The van der Waals surface area contributed by atoms with Crippen LogP contribution in [0.25, 0.3) is 10.6 Å². The van der Waals surface area contributed by atoms with Crippen LogP contribution < -0.4 is 0 Å². The number of hydrogen-bond acceptors (Lipinski definition) is 2. The smallest absolute Gasteiger partial charge is 0.286 e. The fourth-order valence-corrected chi connectivity index (χ4v) is 1.13. The van der Waals surface area contributed by atoms with Gasteiger partial charge in [-0.15, -0.1) is 11.1 Å². The average Bonchev–Trinajstić information content (AvgIpc) is 2.07. The van der Waals surface area contributed by atoms with Crippen LogP contribution in [0.15, 0.2) is 0 Å². The largest absolute Gasteiger partial charge is 0.658 e. The molecule has 0 aromatic rings. The van der Waals surface area contributed by atoms with E-state index in [-0.39, 0.29) is 17.0 Å². The lowest BCUT2D eigenvalue weighted by Crippen LogP contribution is -2.33. The standard InChI is InChI=1S/C12H24N2O2/c1-11(2,3)13-8-9(10(15)16-7)14-12(4,5)6/h9H,8H2,1-7H3/q-2/t9-/m0/s1. The summed E-state index contributed by atoms with van der Waals surface area (Å²) in [6, 6.07) is -0.496. The molecule has 0 radical (unpaired) electrons. The first-order chi connectivity index (χ1) is 7.05. The molecular weight excluding hydrogens is 204 g/mol. The Kier molecular flexibility index (Phi) is 5.42. The third-order valence-corrected chi connectivity index (χ3v) is 1.75. The lowest BCUT2D eigenvalue weighted by molar-refractivity contribution is -0.141. The molecule has 0 aliphatic carbocycles. The first-order valence-corrected chi connectivity index (χ1v) is 5.54. The SMILES string of the molecule is COC(=O)[C@H](C[N-]C(C)(C)C)[N-]C(C)(C)C. The summed E-state index contributed by atoms with van der Waals surface area (Å²) in [5.41, 5.74) is -0.411. The Morgan fingerprint density at radius 2 is 1.62 bits per heavy atom. The summed E-state index contributed by atoms with van der Waals surface area (Å²) < 4.78 is 4.73. The molecule has 0 saturated carbocycles. The molecule has 0 amide bonds. The molecule has 4 heteroatoms. The highest BCUT2D eigenvalue weighted by atomic mass is 16.5. The topological polar surface area (TPSA) is 54.5 Å². The maximum absolute atomic E-state index is 11.5. The van der Waals surface area contributed by atoms with E-state index in [9.17, 15) is 4.79 Å².